The Morgan fingerprint density at radius 3 is 1.93 bits per heavy atom. The molecule has 0 aliphatic heterocycles. The summed E-state index contributed by atoms with van der Waals surface area (Å²) in [4.78, 5) is 1.69. The van der Waals surface area contributed by atoms with Crippen molar-refractivity contribution < 1.29 is 4.90 Å². The molecule has 0 fully saturated rings. The molecule has 3 N–H and O–H groups in total. The molecule has 0 amide bonds. The molecule has 0 spiro atoms. The molecule has 0 aliphatic carbocycles. The highest BCUT2D eigenvalue weighted by Gasteiger charge is 2.12. The highest BCUT2D eigenvalue weighted by atomic mass is 15.1. The van der Waals surface area contributed by atoms with Gasteiger partial charge in [0.05, 0.1) is 19.1 Å². The van der Waals surface area contributed by atoms with Crippen LogP contribution in [-0.4, -0.2) is 25.7 Å². The van der Waals surface area contributed by atoms with Gasteiger partial charge in [-0.2, -0.15) is 0 Å². The molecule has 2 nitrogen and oxygen atoms in total. The van der Waals surface area contributed by atoms with E-state index in [1.165, 1.54) is 25.9 Å². The lowest BCUT2D eigenvalue weighted by Gasteiger charge is -2.23. The Morgan fingerprint density at radius 2 is 1.64 bits per heavy atom. The van der Waals surface area contributed by atoms with Crippen LogP contribution in [0.2, 0.25) is 0 Å². The van der Waals surface area contributed by atoms with Crippen LogP contribution in [0.4, 0.5) is 0 Å². The van der Waals surface area contributed by atoms with Crippen LogP contribution in [0.15, 0.2) is 0 Å². The van der Waals surface area contributed by atoms with E-state index >= 15 is 0 Å². The molecule has 2 atom stereocenters. The fourth-order valence-electron chi connectivity index (χ4n) is 1.55. The van der Waals surface area contributed by atoms with Crippen molar-refractivity contribution in [2.45, 2.75) is 59.9 Å². The normalized spacial score (nSPS) is 14.1. The molecule has 0 aliphatic rings. The number of rotatable bonds is 6. The molecule has 0 aromatic carbocycles. The molecule has 2 heteroatoms. The van der Waals surface area contributed by atoms with Gasteiger partial charge in [0.1, 0.15) is 0 Å². The van der Waals surface area contributed by atoms with Crippen molar-refractivity contribution in [1.29, 1.82) is 0 Å². The van der Waals surface area contributed by atoms with E-state index in [0.29, 0.717) is 0 Å². The van der Waals surface area contributed by atoms with Crippen molar-refractivity contribution in [3.63, 3.8) is 0 Å². The lowest BCUT2D eigenvalue weighted by atomic mass is 10.2. The minimum absolute atomic E-state index is 0.741. The molecule has 0 aromatic rings. The number of hydrogen-bond acceptors (Lipinski definition) is 1. The zero-order valence-electron chi connectivity index (χ0n) is 10.9. The molecular formula is C12H31N2+. The first-order valence-electron chi connectivity index (χ1n) is 6.22. The molecule has 0 heterocycles. The zero-order valence-corrected chi connectivity index (χ0v) is 10.9. The van der Waals surface area contributed by atoms with Crippen molar-refractivity contribution in [3.05, 3.63) is 0 Å². The van der Waals surface area contributed by atoms with Crippen molar-refractivity contribution in [2.24, 2.45) is 5.73 Å². The first-order valence-corrected chi connectivity index (χ1v) is 6.22. The predicted octanol–water partition coefficient (Wildman–Crippen LogP) is 1.45. The molecular weight excluding hydrogens is 172 g/mol. The van der Waals surface area contributed by atoms with Crippen molar-refractivity contribution in [3.8, 4) is 0 Å². The molecule has 0 bridgehead atoms. The number of quaternary nitrogens is 1. The van der Waals surface area contributed by atoms with Crippen molar-refractivity contribution in [1.82, 2.24) is 0 Å². The summed E-state index contributed by atoms with van der Waals surface area (Å²) in [6.45, 7) is 14.4. The Bertz CT molecular complexity index is 94.3. The second-order valence-corrected chi connectivity index (χ2v) is 3.95. The molecule has 0 rings (SSSR count). The van der Waals surface area contributed by atoms with Gasteiger partial charge in [0, 0.05) is 6.42 Å². The summed E-state index contributed by atoms with van der Waals surface area (Å²) < 4.78 is 0. The van der Waals surface area contributed by atoms with Gasteiger partial charge >= 0.3 is 0 Å². The largest absolute Gasteiger partial charge is 0.333 e. The van der Waals surface area contributed by atoms with Crippen LogP contribution in [0.25, 0.3) is 0 Å². The second-order valence-electron chi connectivity index (χ2n) is 3.95. The fraction of sp³-hybridized carbons (Fsp3) is 1.00. The standard InChI is InChI=1S/C9H22N2.C3H8/c1-4-8-11(5-2)9(3)6-7-10;1-3-2/h9H,4-8,10H2,1-3H3;3H2,1-2H3/p+1. The Kier molecular flexibility index (Phi) is 15.1. The van der Waals surface area contributed by atoms with Crippen LogP contribution in [-0.2, 0) is 0 Å². The van der Waals surface area contributed by atoms with Crippen LogP contribution in [0, 0.1) is 0 Å². The van der Waals surface area contributed by atoms with Crippen molar-refractivity contribution in [2.75, 3.05) is 19.6 Å². The Labute approximate surface area is 90.9 Å². The van der Waals surface area contributed by atoms with Crippen LogP contribution in [0.3, 0.4) is 0 Å². The minimum atomic E-state index is 0.741. The van der Waals surface area contributed by atoms with Crippen LogP contribution < -0.4 is 10.6 Å². The van der Waals surface area contributed by atoms with Gasteiger partial charge in [-0.3, -0.25) is 0 Å². The van der Waals surface area contributed by atoms with E-state index in [1.807, 2.05) is 0 Å². The molecule has 0 saturated heterocycles. The number of hydrogen-bond donors (Lipinski definition) is 2. The van der Waals surface area contributed by atoms with E-state index in [0.717, 1.165) is 19.0 Å². The predicted molar refractivity (Wildman–Crippen MR) is 65.8 cm³/mol. The van der Waals surface area contributed by atoms with E-state index < -0.39 is 0 Å². The van der Waals surface area contributed by atoms with Gasteiger partial charge in [0.15, 0.2) is 0 Å². The average molecular weight is 203 g/mol. The number of nitrogens with one attached hydrogen (secondary N) is 1. The third-order valence-corrected chi connectivity index (χ3v) is 2.32. The average Bonchev–Trinajstić information content (AvgIpc) is 2.15. The zero-order chi connectivity index (χ0) is 11.4. The van der Waals surface area contributed by atoms with Crippen LogP contribution in [0.1, 0.15) is 53.9 Å². The lowest BCUT2D eigenvalue weighted by molar-refractivity contribution is -0.922. The third-order valence-electron chi connectivity index (χ3n) is 2.32. The number of nitrogens with two attached hydrogens (primary N) is 1. The van der Waals surface area contributed by atoms with E-state index in [2.05, 4.69) is 34.6 Å². The quantitative estimate of drug-likeness (QED) is 0.672. The van der Waals surface area contributed by atoms with Gasteiger partial charge in [-0.15, -0.1) is 0 Å². The minimum Gasteiger partial charge on any atom is -0.333 e. The Hall–Kier alpha value is -0.0800. The fourth-order valence-corrected chi connectivity index (χ4v) is 1.55. The van der Waals surface area contributed by atoms with E-state index in [-0.39, 0.29) is 0 Å². The molecule has 14 heavy (non-hydrogen) atoms. The molecule has 0 aromatic heterocycles. The summed E-state index contributed by atoms with van der Waals surface area (Å²) in [5.74, 6) is 0. The van der Waals surface area contributed by atoms with E-state index in [4.69, 9.17) is 5.73 Å². The summed E-state index contributed by atoms with van der Waals surface area (Å²) in [7, 11) is 0. The second kappa shape index (κ2) is 12.9. The summed E-state index contributed by atoms with van der Waals surface area (Å²) in [6.07, 6.45) is 3.68. The molecule has 0 saturated carbocycles. The molecule has 88 valence electrons. The van der Waals surface area contributed by atoms with Gasteiger partial charge in [-0.25, -0.2) is 0 Å². The third kappa shape index (κ3) is 10.0. The summed E-state index contributed by atoms with van der Waals surface area (Å²) in [5.41, 5.74) is 5.50. The summed E-state index contributed by atoms with van der Waals surface area (Å²) >= 11 is 0. The van der Waals surface area contributed by atoms with E-state index in [9.17, 15) is 0 Å². The Balaban J connectivity index is 0. The van der Waals surface area contributed by atoms with Crippen LogP contribution in [0.5, 0.6) is 0 Å². The maximum atomic E-state index is 5.50. The first-order chi connectivity index (χ1) is 6.67. The monoisotopic (exact) mass is 203 g/mol. The SMILES string of the molecule is CCC.CCC[NH+](CC)C(C)CCN. The summed E-state index contributed by atoms with van der Waals surface area (Å²) in [5, 5.41) is 0. The van der Waals surface area contributed by atoms with E-state index in [1.54, 1.807) is 4.90 Å². The van der Waals surface area contributed by atoms with Gasteiger partial charge in [-0.05, 0) is 26.8 Å². The first kappa shape index (κ1) is 16.4. The van der Waals surface area contributed by atoms with Crippen molar-refractivity contribution >= 4 is 0 Å². The lowest BCUT2D eigenvalue weighted by Crippen LogP contribution is -3.15. The summed E-state index contributed by atoms with van der Waals surface area (Å²) in [6, 6.07) is 0.741. The highest BCUT2D eigenvalue weighted by Crippen LogP contribution is 1.81. The smallest absolute Gasteiger partial charge is 0.0858 e. The highest BCUT2D eigenvalue weighted by molar-refractivity contribution is 4.47. The van der Waals surface area contributed by atoms with Crippen LogP contribution >= 0.6 is 0 Å². The molecule has 0 radical (unpaired) electrons. The molecule has 2 unspecified atom stereocenters. The Morgan fingerprint density at radius 1 is 1.14 bits per heavy atom. The van der Waals surface area contributed by atoms with Gasteiger partial charge in [-0.1, -0.05) is 27.2 Å². The van der Waals surface area contributed by atoms with Gasteiger partial charge < -0.3 is 10.6 Å². The van der Waals surface area contributed by atoms with Gasteiger partial charge in [0.2, 0.25) is 0 Å². The van der Waals surface area contributed by atoms with Gasteiger partial charge in [0.25, 0.3) is 0 Å². The maximum Gasteiger partial charge on any atom is 0.0858 e. The topological polar surface area (TPSA) is 30.5 Å². The maximum absolute atomic E-state index is 5.50.